The molecule has 1 aromatic carbocycles. The van der Waals surface area contributed by atoms with Gasteiger partial charge in [0, 0.05) is 30.9 Å². The number of ether oxygens (including phenoxy) is 1. The maximum atomic E-state index is 12.3. The molecule has 1 aliphatic heterocycles. The van der Waals surface area contributed by atoms with E-state index in [2.05, 4.69) is 52.5 Å². The average molecular weight is 482 g/mol. The Morgan fingerprint density at radius 1 is 1.31 bits per heavy atom. The van der Waals surface area contributed by atoms with Gasteiger partial charge in [-0.05, 0) is 73.6 Å². The second-order valence-corrected chi connectivity index (χ2v) is 9.70. The molecule has 0 saturated carbocycles. The van der Waals surface area contributed by atoms with Gasteiger partial charge in [0.1, 0.15) is 6.61 Å². The number of nitrogens with zero attached hydrogens (tertiary/aromatic N) is 2. The van der Waals surface area contributed by atoms with Crippen molar-refractivity contribution in [1.29, 1.82) is 0 Å². The molecule has 0 bridgehead atoms. The van der Waals surface area contributed by atoms with Gasteiger partial charge in [0.2, 0.25) is 5.88 Å². The number of pyridine rings is 1. The Bertz CT molecular complexity index is 1090. The third-order valence-electron chi connectivity index (χ3n) is 7.24. The normalized spacial score (nSPS) is 20.5. The molecule has 4 rings (SSSR count). The number of halogens is 1. The highest BCUT2D eigenvalue weighted by molar-refractivity contribution is 5.79. The van der Waals surface area contributed by atoms with Crippen molar-refractivity contribution in [3.63, 3.8) is 0 Å². The molecule has 1 aliphatic carbocycles. The zero-order valence-corrected chi connectivity index (χ0v) is 20.9. The minimum Gasteiger partial charge on any atom is -0.481 e. The van der Waals surface area contributed by atoms with E-state index in [9.17, 15) is 14.3 Å². The van der Waals surface area contributed by atoms with Gasteiger partial charge in [-0.15, -0.1) is 0 Å². The van der Waals surface area contributed by atoms with E-state index >= 15 is 0 Å². The molecular weight excluding hydrogens is 445 g/mol. The lowest BCUT2D eigenvalue weighted by Crippen LogP contribution is -2.44. The molecule has 0 saturated heterocycles. The molecule has 0 amide bonds. The minimum atomic E-state index is -0.777. The predicted octanol–water partition coefficient (Wildman–Crippen LogP) is 4.58. The summed E-state index contributed by atoms with van der Waals surface area (Å²) >= 11 is 0. The van der Waals surface area contributed by atoms with Crippen molar-refractivity contribution in [2.24, 2.45) is 5.92 Å². The number of aliphatic carboxylic acids is 1. The van der Waals surface area contributed by atoms with Crippen LogP contribution in [0.3, 0.4) is 0 Å². The third kappa shape index (κ3) is 5.41. The molecule has 0 radical (unpaired) electrons. The second-order valence-electron chi connectivity index (χ2n) is 9.70. The van der Waals surface area contributed by atoms with Gasteiger partial charge >= 0.3 is 5.97 Å². The molecule has 6 nitrogen and oxygen atoms in total. The Morgan fingerprint density at radius 2 is 2.11 bits per heavy atom. The number of carboxylic acid groups (broad SMARTS) is 1. The number of benzene rings is 1. The van der Waals surface area contributed by atoms with Crippen LogP contribution in [0.4, 0.5) is 4.39 Å². The van der Waals surface area contributed by atoms with Gasteiger partial charge < -0.3 is 15.2 Å². The highest BCUT2D eigenvalue weighted by Gasteiger charge is 2.40. The highest BCUT2D eigenvalue weighted by atomic mass is 19.1. The van der Waals surface area contributed by atoms with Crippen LogP contribution in [-0.2, 0) is 11.2 Å². The summed E-state index contributed by atoms with van der Waals surface area (Å²) in [5.74, 6) is -0.655. The number of carbonyl (C=O) groups is 1. The SMILES string of the molecule is Cc1c([C@@H]2C3=C(C[C@@H](C)N2C[C@H](C)C(=O)O)c2ccccc2C3)ccnc1OCCNCCCF. The first-order valence-corrected chi connectivity index (χ1v) is 12.6. The van der Waals surface area contributed by atoms with Crippen molar-refractivity contribution in [2.75, 3.05) is 32.9 Å². The first-order chi connectivity index (χ1) is 16.9. The summed E-state index contributed by atoms with van der Waals surface area (Å²) in [5, 5.41) is 12.8. The predicted molar refractivity (Wildman–Crippen MR) is 135 cm³/mol. The molecule has 35 heavy (non-hydrogen) atoms. The van der Waals surface area contributed by atoms with Gasteiger partial charge in [-0.2, -0.15) is 0 Å². The number of rotatable bonds is 11. The van der Waals surface area contributed by atoms with Crippen molar-refractivity contribution >= 4 is 11.5 Å². The molecule has 7 heteroatoms. The fraction of sp³-hybridized carbons (Fsp3) is 0.500. The standard InChI is InChI=1S/C28H36FN3O3/c1-18(28(33)34)17-32-19(2)15-24-23-8-5-4-7-21(23)16-25(24)26(32)22-9-12-31-27(20(22)3)35-14-13-30-11-6-10-29/h4-5,7-9,12,18-19,26,30H,6,10-11,13-17H2,1-3H3,(H,33,34)/t18-,19+,26+/m0/s1. The molecule has 0 fully saturated rings. The van der Waals surface area contributed by atoms with Crippen LogP contribution in [0.5, 0.6) is 5.88 Å². The summed E-state index contributed by atoms with van der Waals surface area (Å²) in [4.78, 5) is 18.6. The number of aromatic nitrogens is 1. The van der Waals surface area contributed by atoms with Crippen LogP contribution in [0.2, 0.25) is 0 Å². The Labute approximate surface area is 207 Å². The Morgan fingerprint density at radius 3 is 2.89 bits per heavy atom. The van der Waals surface area contributed by atoms with Crippen molar-refractivity contribution in [3.05, 3.63) is 64.4 Å². The smallest absolute Gasteiger partial charge is 0.307 e. The minimum absolute atomic E-state index is 0.0315. The van der Waals surface area contributed by atoms with Gasteiger partial charge in [-0.25, -0.2) is 4.98 Å². The number of alkyl halides is 1. The molecular formula is C28H36FN3O3. The molecule has 0 unspecified atom stereocenters. The number of carboxylic acids is 1. The fourth-order valence-corrected chi connectivity index (χ4v) is 5.38. The fourth-order valence-electron chi connectivity index (χ4n) is 5.38. The van der Waals surface area contributed by atoms with Gasteiger partial charge in [0.25, 0.3) is 0 Å². The van der Waals surface area contributed by atoms with Crippen LogP contribution in [0.25, 0.3) is 5.57 Å². The topological polar surface area (TPSA) is 74.7 Å². The maximum Gasteiger partial charge on any atom is 0.307 e. The molecule has 188 valence electrons. The van der Waals surface area contributed by atoms with Gasteiger partial charge in [-0.1, -0.05) is 31.2 Å². The van der Waals surface area contributed by atoms with Crippen LogP contribution < -0.4 is 10.1 Å². The number of fused-ring (bicyclic) bond motifs is 2. The van der Waals surface area contributed by atoms with E-state index in [0.29, 0.717) is 38.5 Å². The Hall–Kier alpha value is -2.77. The molecule has 2 heterocycles. The van der Waals surface area contributed by atoms with E-state index in [1.807, 2.05) is 6.92 Å². The van der Waals surface area contributed by atoms with Gasteiger partial charge in [-0.3, -0.25) is 14.1 Å². The number of nitrogens with one attached hydrogen (secondary N) is 1. The van der Waals surface area contributed by atoms with Crippen LogP contribution in [0, 0.1) is 12.8 Å². The quantitative estimate of drug-likeness (QED) is 0.458. The molecule has 1 aromatic heterocycles. The van der Waals surface area contributed by atoms with Crippen molar-refractivity contribution in [3.8, 4) is 5.88 Å². The Balaban J connectivity index is 1.66. The van der Waals surface area contributed by atoms with E-state index in [0.717, 1.165) is 24.0 Å². The number of hydrogen-bond acceptors (Lipinski definition) is 5. The first-order valence-electron chi connectivity index (χ1n) is 12.6. The second kappa shape index (κ2) is 11.3. The summed E-state index contributed by atoms with van der Waals surface area (Å²) in [7, 11) is 0. The monoisotopic (exact) mass is 481 g/mol. The lowest BCUT2D eigenvalue weighted by atomic mass is 9.83. The molecule has 0 spiro atoms. The summed E-state index contributed by atoms with van der Waals surface area (Å²) in [6, 6.07) is 10.8. The van der Waals surface area contributed by atoms with Crippen molar-refractivity contribution in [1.82, 2.24) is 15.2 Å². The molecule has 2 aliphatic rings. The zero-order chi connectivity index (χ0) is 24.9. The van der Waals surface area contributed by atoms with E-state index in [4.69, 9.17) is 4.74 Å². The Kier molecular flexibility index (Phi) is 8.19. The average Bonchev–Trinajstić information content (AvgIpc) is 3.21. The summed E-state index contributed by atoms with van der Waals surface area (Å²) in [6.45, 7) is 7.87. The zero-order valence-electron chi connectivity index (χ0n) is 20.9. The highest BCUT2D eigenvalue weighted by Crippen LogP contribution is 2.49. The molecule has 3 atom stereocenters. The summed E-state index contributed by atoms with van der Waals surface area (Å²) in [5.41, 5.74) is 7.51. The summed E-state index contributed by atoms with van der Waals surface area (Å²) in [6.07, 6.45) is 4.07. The maximum absolute atomic E-state index is 12.3. The van der Waals surface area contributed by atoms with Crippen LogP contribution >= 0.6 is 0 Å². The number of hydrogen-bond donors (Lipinski definition) is 2. The van der Waals surface area contributed by atoms with E-state index in [1.54, 1.807) is 13.1 Å². The largest absolute Gasteiger partial charge is 0.481 e. The van der Waals surface area contributed by atoms with E-state index < -0.39 is 11.9 Å². The van der Waals surface area contributed by atoms with Crippen molar-refractivity contribution in [2.45, 2.75) is 52.1 Å². The third-order valence-corrected chi connectivity index (χ3v) is 7.24. The summed E-state index contributed by atoms with van der Waals surface area (Å²) < 4.78 is 18.3. The lowest BCUT2D eigenvalue weighted by Gasteiger charge is -2.43. The van der Waals surface area contributed by atoms with Crippen LogP contribution in [-0.4, -0.2) is 59.9 Å². The molecule has 2 aromatic rings. The van der Waals surface area contributed by atoms with Gasteiger partial charge in [0.05, 0.1) is 18.6 Å². The first kappa shape index (κ1) is 25.3. The van der Waals surface area contributed by atoms with Gasteiger partial charge in [0.15, 0.2) is 0 Å². The van der Waals surface area contributed by atoms with Crippen LogP contribution in [0.15, 0.2) is 42.1 Å². The van der Waals surface area contributed by atoms with E-state index in [1.165, 1.54) is 22.3 Å². The van der Waals surface area contributed by atoms with E-state index in [-0.39, 0.29) is 18.8 Å². The van der Waals surface area contributed by atoms with Crippen LogP contribution in [0.1, 0.15) is 55.0 Å². The molecule has 2 N–H and O–H groups in total. The lowest BCUT2D eigenvalue weighted by molar-refractivity contribution is -0.142. The van der Waals surface area contributed by atoms with Crippen molar-refractivity contribution < 1.29 is 19.0 Å².